The van der Waals surface area contributed by atoms with Crippen LogP contribution in [-0.4, -0.2) is 48.7 Å². The number of ether oxygens (including phenoxy) is 2. The zero-order chi connectivity index (χ0) is 19.1. The summed E-state index contributed by atoms with van der Waals surface area (Å²) in [5.41, 5.74) is 2.98. The molecule has 1 heterocycles. The van der Waals surface area contributed by atoms with Crippen LogP contribution < -0.4 is 10.1 Å². The predicted octanol–water partition coefficient (Wildman–Crippen LogP) is 3.27. The normalized spacial score (nSPS) is 13.9. The minimum absolute atomic E-state index is 0.0389. The number of anilines is 1. The van der Waals surface area contributed by atoms with Crippen molar-refractivity contribution in [1.29, 1.82) is 0 Å². The van der Waals surface area contributed by atoms with E-state index < -0.39 is 0 Å². The molecular weight excluding hydrogens is 360 g/mol. The van der Waals surface area contributed by atoms with Crippen molar-refractivity contribution < 1.29 is 14.3 Å². The fraction of sp³-hybridized carbons (Fsp3) is 0.333. The summed E-state index contributed by atoms with van der Waals surface area (Å²) in [4.78, 5) is 15.0. The molecule has 1 N–H and O–H groups in total. The molecule has 1 fully saturated rings. The summed E-state index contributed by atoms with van der Waals surface area (Å²) < 4.78 is 10.9. The van der Waals surface area contributed by atoms with Crippen LogP contribution in [0.3, 0.4) is 0 Å². The van der Waals surface area contributed by atoms with E-state index in [1.54, 1.807) is 0 Å². The van der Waals surface area contributed by atoms with Crippen molar-refractivity contribution in [2.75, 3.05) is 38.2 Å². The van der Waals surface area contributed by atoms with E-state index in [-0.39, 0.29) is 12.5 Å². The number of aryl methyl sites for hydroxylation is 1. The Morgan fingerprint density at radius 2 is 1.78 bits per heavy atom. The minimum atomic E-state index is -0.188. The van der Waals surface area contributed by atoms with Crippen molar-refractivity contribution in [2.45, 2.75) is 13.3 Å². The first kappa shape index (κ1) is 19.3. The van der Waals surface area contributed by atoms with Crippen LogP contribution in [0.2, 0.25) is 0 Å². The van der Waals surface area contributed by atoms with Gasteiger partial charge < -0.3 is 19.7 Å². The second-order valence-corrected chi connectivity index (χ2v) is 6.70. The van der Waals surface area contributed by atoms with Gasteiger partial charge in [0, 0.05) is 24.3 Å². The lowest BCUT2D eigenvalue weighted by molar-refractivity contribution is -0.118. The van der Waals surface area contributed by atoms with E-state index in [1.165, 1.54) is 5.56 Å². The highest BCUT2D eigenvalue weighted by Gasteiger charge is 2.15. The molecule has 0 aromatic heterocycles. The van der Waals surface area contributed by atoms with Crippen LogP contribution in [0.1, 0.15) is 18.1 Å². The summed E-state index contributed by atoms with van der Waals surface area (Å²) in [7, 11) is 0. The van der Waals surface area contributed by atoms with Crippen LogP contribution >= 0.6 is 12.2 Å². The highest BCUT2D eigenvalue weighted by molar-refractivity contribution is 7.80. The van der Waals surface area contributed by atoms with Gasteiger partial charge in [0.25, 0.3) is 5.91 Å². The smallest absolute Gasteiger partial charge is 0.262 e. The largest absolute Gasteiger partial charge is 0.484 e. The van der Waals surface area contributed by atoms with Gasteiger partial charge >= 0.3 is 0 Å². The molecule has 0 atom stereocenters. The third-order valence-corrected chi connectivity index (χ3v) is 4.91. The van der Waals surface area contributed by atoms with Gasteiger partial charge in [0.15, 0.2) is 6.61 Å². The van der Waals surface area contributed by atoms with Crippen molar-refractivity contribution >= 4 is 28.8 Å². The molecule has 0 spiro atoms. The van der Waals surface area contributed by atoms with Gasteiger partial charge in [-0.1, -0.05) is 31.3 Å². The zero-order valence-corrected chi connectivity index (χ0v) is 16.3. The van der Waals surface area contributed by atoms with Gasteiger partial charge in [0.2, 0.25) is 0 Å². The number of carbonyl (C=O) groups is 1. The molecule has 0 unspecified atom stereocenters. The Hall–Kier alpha value is -2.44. The highest BCUT2D eigenvalue weighted by atomic mass is 32.1. The molecule has 1 saturated heterocycles. The molecule has 1 aliphatic rings. The van der Waals surface area contributed by atoms with Crippen molar-refractivity contribution in [2.24, 2.45) is 0 Å². The molecule has 3 rings (SSSR count). The first-order chi connectivity index (χ1) is 13.2. The monoisotopic (exact) mass is 384 g/mol. The standard InChI is InChI=1S/C21H24N2O3S/c1-2-16-3-7-18(8-4-16)22-20(24)15-26-19-9-5-17(6-10-19)21(27)23-11-13-25-14-12-23/h3-10H,2,11-15H2,1H3,(H,22,24). The molecular formula is C21H24N2O3S. The third kappa shape index (κ3) is 5.52. The Balaban J connectivity index is 1.49. The summed E-state index contributed by atoms with van der Waals surface area (Å²) in [6.45, 7) is 5.10. The molecule has 0 radical (unpaired) electrons. The Morgan fingerprint density at radius 3 is 2.41 bits per heavy atom. The van der Waals surface area contributed by atoms with E-state index in [1.807, 2.05) is 48.5 Å². The van der Waals surface area contributed by atoms with Crippen molar-refractivity contribution in [1.82, 2.24) is 4.90 Å². The van der Waals surface area contributed by atoms with Gasteiger partial charge in [0.1, 0.15) is 10.7 Å². The predicted molar refractivity (Wildman–Crippen MR) is 110 cm³/mol. The highest BCUT2D eigenvalue weighted by Crippen LogP contribution is 2.16. The van der Waals surface area contributed by atoms with Gasteiger partial charge in [-0.3, -0.25) is 4.79 Å². The number of hydrogen-bond donors (Lipinski definition) is 1. The van der Waals surface area contributed by atoms with Crippen LogP contribution in [0.4, 0.5) is 5.69 Å². The van der Waals surface area contributed by atoms with Gasteiger partial charge in [-0.15, -0.1) is 0 Å². The summed E-state index contributed by atoms with van der Waals surface area (Å²) in [6.07, 6.45) is 0.975. The first-order valence-electron chi connectivity index (χ1n) is 9.14. The Bertz CT molecular complexity index is 769. The molecule has 1 amide bonds. The molecule has 6 heteroatoms. The fourth-order valence-electron chi connectivity index (χ4n) is 2.81. The summed E-state index contributed by atoms with van der Waals surface area (Å²) in [5.74, 6) is 0.451. The average molecular weight is 385 g/mol. The quantitative estimate of drug-likeness (QED) is 0.775. The van der Waals surface area contributed by atoms with Crippen LogP contribution in [0, 0.1) is 0 Å². The van der Waals surface area contributed by atoms with Gasteiger partial charge in [-0.2, -0.15) is 0 Å². The van der Waals surface area contributed by atoms with Crippen LogP contribution in [0.5, 0.6) is 5.75 Å². The van der Waals surface area contributed by atoms with Crippen molar-refractivity contribution in [3.63, 3.8) is 0 Å². The number of nitrogens with one attached hydrogen (secondary N) is 1. The van der Waals surface area contributed by atoms with E-state index in [9.17, 15) is 4.79 Å². The summed E-state index contributed by atoms with van der Waals surface area (Å²) in [5, 5.41) is 2.83. The lowest BCUT2D eigenvalue weighted by atomic mass is 10.1. The van der Waals surface area contributed by atoms with Gasteiger partial charge in [-0.05, 0) is 48.4 Å². The molecule has 142 valence electrons. The molecule has 5 nitrogen and oxygen atoms in total. The average Bonchev–Trinajstić information content (AvgIpc) is 2.73. The fourth-order valence-corrected chi connectivity index (χ4v) is 3.13. The maximum absolute atomic E-state index is 12.0. The van der Waals surface area contributed by atoms with E-state index in [0.717, 1.165) is 35.7 Å². The van der Waals surface area contributed by atoms with Gasteiger partial charge in [-0.25, -0.2) is 0 Å². The molecule has 2 aromatic carbocycles. The molecule has 0 bridgehead atoms. The van der Waals surface area contributed by atoms with E-state index >= 15 is 0 Å². The first-order valence-corrected chi connectivity index (χ1v) is 9.55. The lowest BCUT2D eigenvalue weighted by Crippen LogP contribution is -2.40. The Labute approximate surface area is 165 Å². The zero-order valence-electron chi connectivity index (χ0n) is 15.4. The SMILES string of the molecule is CCc1ccc(NC(=O)COc2ccc(C(=S)N3CCOCC3)cc2)cc1. The number of carbonyl (C=O) groups excluding carboxylic acids is 1. The third-order valence-electron chi connectivity index (χ3n) is 4.42. The molecule has 0 saturated carbocycles. The number of hydrogen-bond acceptors (Lipinski definition) is 4. The Morgan fingerprint density at radius 1 is 1.11 bits per heavy atom. The summed E-state index contributed by atoms with van der Waals surface area (Å²) >= 11 is 5.55. The molecule has 27 heavy (non-hydrogen) atoms. The molecule has 0 aliphatic carbocycles. The number of morpholine rings is 1. The summed E-state index contributed by atoms with van der Waals surface area (Å²) in [6, 6.07) is 15.3. The maximum Gasteiger partial charge on any atom is 0.262 e. The van der Waals surface area contributed by atoms with Crippen molar-refractivity contribution in [3.05, 3.63) is 59.7 Å². The minimum Gasteiger partial charge on any atom is -0.484 e. The number of rotatable bonds is 6. The second kappa shape index (κ2) is 9.48. The number of thiocarbonyl (C=S) groups is 1. The Kier molecular flexibility index (Phi) is 6.79. The second-order valence-electron chi connectivity index (χ2n) is 6.32. The van der Waals surface area contributed by atoms with E-state index in [2.05, 4.69) is 17.1 Å². The number of nitrogens with zero attached hydrogens (tertiary/aromatic N) is 1. The van der Waals surface area contributed by atoms with E-state index in [4.69, 9.17) is 21.7 Å². The lowest BCUT2D eigenvalue weighted by Gasteiger charge is -2.29. The topological polar surface area (TPSA) is 50.8 Å². The van der Waals surface area contributed by atoms with Gasteiger partial charge in [0.05, 0.1) is 13.2 Å². The van der Waals surface area contributed by atoms with E-state index in [0.29, 0.717) is 19.0 Å². The van der Waals surface area contributed by atoms with Crippen LogP contribution in [0.25, 0.3) is 0 Å². The molecule has 2 aromatic rings. The maximum atomic E-state index is 12.0. The molecule has 1 aliphatic heterocycles. The number of benzene rings is 2. The van der Waals surface area contributed by atoms with Crippen molar-refractivity contribution in [3.8, 4) is 5.75 Å². The van der Waals surface area contributed by atoms with Crippen LogP contribution in [0.15, 0.2) is 48.5 Å². The number of amides is 1. The van der Waals surface area contributed by atoms with Crippen LogP contribution in [-0.2, 0) is 16.0 Å².